The molecule has 1 aliphatic carbocycles. The molecule has 4 heteroatoms. The molecule has 1 fully saturated rings. The van der Waals surface area contributed by atoms with Crippen LogP contribution in [0.25, 0.3) is 0 Å². The third-order valence-corrected chi connectivity index (χ3v) is 3.62. The Morgan fingerprint density at radius 1 is 1.47 bits per heavy atom. The molecular formula is C13H26N2O2. The van der Waals surface area contributed by atoms with Gasteiger partial charge < -0.3 is 15.4 Å². The first-order valence-electron chi connectivity index (χ1n) is 6.71. The van der Waals surface area contributed by atoms with E-state index in [9.17, 15) is 4.79 Å². The lowest BCUT2D eigenvalue weighted by Gasteiger charge is -2.29. The van der Waals surface area contributed by atoms with Crippen molar-refractivity contribution >= 4 is 5.91 Å². The molecule has 0 heterocycles. The van der Waals surface area contributed by atoms with E-state index in [0.717, 1.165) is 19.3 Å². The first-order valence-corrected chi connectivity index (χ1v) is 6.71. The Morgan fingerprint density at radius 3 is 2.65 bits per heavy atom. The van der Waals surface area contributed by atoms with E-state index in [2.05, 4.69) is 0 Å². The fourth-order valence-corrected chi connectivity index (χ4v) is 2.45. The molecule has 0 spiro atoms. The number of ether oxygens (including phenoxy) is 1. The van der Waals surface area contributed by atoms with Crippen LogP contribution < -0.4 is 5.73 Å². The van der Waals surface area contributed by atoms with Crippen LogP contribution in [-0.4, -0.2) is 43.2 Å². The van der Waals surface area contributed by atoms with Gasteiger partial charge in [0, 0.05) is 32.7 Å². The number of rotatable bonds is 7. The van der Waals surface area contributed by atoms with E-state index in [1.54, 1.807) is 7.11 Å². The number of methoxy groups -OCH3 is 1. The molecule has 2 N–H and O–H groups in total. The van der Waals surface area contributed by atoms with E-state index in [1.165, 1.54) is 12.8 Å². The fraction of sp³-hybridized carbons (Fsp3) is 0.923. The maximum Gasteiger partial charge on any atom is 0.222 e. The Labute approximate surface area is 104 Å². The molecule has 1 unspecified atom stereocenters. The van der Waals surface area contributed by atoms with E-state index >= 15 is 0 Å². The summed E-state index contributed by atoms with van der Waals surface area (Å²) in [5.41, 5.74) is 5.60. The number of carbonyl (C=O) groups excluding carboxylic acids is 1. The molecule has 0 aromatic rings. The summed E-state index contributed by atoms with van der Waals surface area (Å²) in [7, 11) is 1.68. The van der Waals surface area contributed by atoms with Crippen molar-refractivity contribution in [2.75, 3.05) is 20.2 Å². The highest BCUT2D eigenvalue weighted by atomic mass is 16.5. The molecule has 0 aromatic heterocycles. The standard InChI is InChI=1S/C13H26N2O2/c1-11(17-2)7-8-13(16)15(10-9-14)12-5-3-4-6-12/h11-12H,3-10,14H2,1-2H3. The molecule has 1 aliphatic rings. The Hall–Kier alpha value is -0.610. The molecular weight excluding hydrogens is 216 g/mol. The second-order valence-electron chi connectivity index (χ2n) is 4.90. The third-order valence-electron chi connectivity index (χ3n) is 3.62. The van der Waals surface area contributed by atoms with Gasteiger partial charge in [0.2, 0.25) is 5.91 Å². The summed E-state index contributed by atoms with van der Waals surface area (Å²) in [5, 5.41) is 0. The van der Waals surface area contributed by atoms with Crippen LogP contribution in [0.1, 0.15) is 45.4 Å². The fourth-order valence-electron chi connectivity index (χ4n) is 2.45. The highest BCUT2D eigenvalue weighted by Crippen LogP contribution is 2.24. The van der Waals surface area contributed by atoms with Crippen LogP contribution in [0.3, 0.4) is 0 Å². The molecule has 0 radical (unpaired) electrons. The largest absolute Gasteiger partial charge is 0.382 e. The van der Waals surface area contributed by atoms with Gasteiger partial charge in [-0.05, 0) is 26.2 Å². The van der Waals surface area contributed by atoms with E-state index in [1.807, 2.05) is 11.8 Å². The number of nitrogens with two attached hydrogens (primary N) is 1. The normalized spacial score (nSPS) is 18.3. The number of hydrogen-bond acceptors (Lipinski definition) is 3. The zero-order valence-corrected chi connectivity index (χ0v) is 11.2. The predicted molar refractivity (Wildman–Crippen MR) is 68.7 cm³/mol. The zero-order chi connectivity index (χ0) is 12.7. The van der Waals surface area contributed by atoms with Gasteiger partial charge in [-0.2, -0.15) is 0 Å². The number of amides is 1. The van der Waals surface area contributed by atoms with Crippen LogP contribution >= 0.6 is 0 Å². The Bertz CT molecular complexity index is 227. The van der Waals surface area contributed by atoms with Gasteiger partial charge in [-0.1, -0.05) is 12.8 Å². The van der Waals surface area contributed by atoms with Gasteiger partial charge in [-0.25, -0.2) is 0 Å². The monoisotopic (exact) mass is 242 g/mol. The van der Waals surface area contributed by atoms with Crippen molar-refractivity contribution in [1.29, 1.82) is 0 Å². The van der Waals surface area contributed by atoms with Gasteiger partial charge in [0.15, 0.2) is 0 Å². The summed E-state index contributed by atoms with van der Waals surface area (Å²) in [6.07, 6.45) is 6.30. The van der Waals surface area contributed by atoms with Crippen molar-refractivity contribution in [3.63, 3.8) is 0 Å². The first-order chi connectivity index (χ1) is 8.19. The lowest BCUT2D eigenvalue weighted by Crippen LogP contribution is -2.42. The molecule has 1 amide bonds. The third kappa shape index (κ3) is 4.64. The maximum atomic E-state index is 12.2. The van der Waals surface area contributed by atoms with Gasteiger partial charge >= 0.3 is 0 Å². The van der Waals surface area contributed by atoms with Crippen LogP contribution in [0.2, 0.25) is 0 Å². The summed E-state index contributed by atoms with van der Waals surface area (Å²) in [4.78, 5) is 14.2. The van der Waals surface area contributed by atoms with Crippen molar-refractivity contribution in [3.05, 3.63) is 0 Å². The summed E-state index contributed by atoms with van der Waals surface area (Å²) >= 11 is 0. The minimum absolute atomic E-state index is 0.155. The second-order valence-corrected chi connectivity index (χ2v) is 4.90. The Morgan fingerprint density at radius 2 is 2.12 bits per heavy atom. The lowest BCUT2D eigenvalue weighted by molar-refractivity contribution is -0.134. The predicted octanol–water partition coefficient (Wildman–Crippen LogP) is 1.53. The van der Waals surface area contributed by atoms with Crippen LogP contribution in [0.4, 0.5) is 0 Å². The average Bonchev–Trinajstić information content (AvgIpc) is 2.86. The molecule has 17 heavy (non-hydrogen) atoms. The van der Waals surface area contributed by atoms with Gasteiger partial charge in [-0.3, -0.25) is 4.79 Å². The van der Waals surface area contributed by atoms with Crippen molar-refractivity contribution in [2.24, 2.45) is 5.73 Å². The Balaban J connectivity index is 2.42. The van der Waals surface area contributed by atoms with Crippen molar-refractivity contribution in [1.82, 2.24) is 4.90 Å². The second kappa shape index (κ2) is 7.67. The minimum Gasteiger partial charge on any atom is -0.382 e. The average molecular weight is 242 g/mol. The van der Waals surface area contributed by atoms with E-state index in [4.69, 9.17) is 10.5 Å². The summed E-state index contributed by atoms with van der Waals surface area (Å²) in [5.74, 6) is 0.242. The van der Waals surface area contributed by atoms with E-state index in [0.29, 0.717) is 25.6 Å². The quantitative estimate of drug-likeness (QED) is 0.736. The molecule has 0 bridgehead atoms. The molecule has 1 atom stereocenters. The lowest BCUT2D eigenvalue weighted by atomic mass is 10.1. The highest BCUT2D eigenvalue weighted by molar-refractivity contribution is 5.76. The van der Waals surface area contributed by atoms with Crippen LogP contribution in [-0.2, 0) is 9.53 Å². The van der Waals surface area contributed by atoms with Gasteiger partial charge in [0.1, 0.15) is 0 Å². The molecule has 1 rings (SSSR count). The highest BCUT2D eigenvalue weighted by Gasteiger charge is 2.25. The summed E-state index contributed by atoms with van der Waals surface area (Å²) in [6, 6.07) is 0.434. The number of carbonyl (C=O) groups is 1. The first kappa shape index (κ1) is 14.5. The van der Waals surface area contributed by atoms with Crippen molar-refractivity contribution in [2.45, 2.75) is 57.6 Å². The molecule has 1 saturated carbocycles. The topological polar surface area (TPSA) is 55.6 Å². The van der Waals surface area contributed by atoms with Crippen LogP contribution in [0, 0.1) is 0 Å². The molecule has 4 nitrogen and oxygen atoms in total. The SMILES string of the molecule is COC(C)CCC(=O)N(CCN)C1CCCC1. The van der Waals surface area contributed by atoms with E-state index < -0.39 is 0 Å². The van der Waals surface area contributed by atoms with E-state index in [-0.39, 0.29) is 12.0 Å². The molecule has 0 saturated heterocycles. The van der Waals surface area contributed by atoms with Crippen LogP contribution in [0.5, 0.6) is 0 Å². The zero-order valence-electron chi connectivity index (χ0n) is 11.2. The Kier molecular flexibility index (Phi) is 6.52. The maximum absolute atomic E-state index is 12.2. The van der Waals surface area contributed by atoms with Gasteiger partial charge in [-0.15, -0.1) is 0 Å². The number of hydrogen-bond donors (Lipinski definition) is 1. The van der Waals surface area contributed by atoms with Crippen molar-refractivity contribution < 1.29 is 9.53 Å². The number of nitrogens with zero attached hydrogens (tertiary/aromatic N) is 1. The van der Waals surface area contributed by atoms with Gasteiger partial charge in [0.05, 0.1) is 6.10 Å². The van der Waals surface area contributed by atoms with Gasteiger partial charge in [0.25, 0.3) is 0 Å². The van der Waals surface area contributed by atoms with Crippen LogP contribution in [0.15, 0.2) is 0 Å². The smallest absolute Gasteiger partial charge is 0.222 e. The molecule has 0 aromatic carbocycles. The minimum atomic E-state index is 0.155. The summed E-state index contributed by atoms with van der Waals surface area (Å²) in [6.45, 7) is 3.25. The molecule has 100 valence electrons. The molecule has 0 aliphatic heterocycles. The van der Waals surface area contributed by atoms with Crippen molar-refractivity contribution in [3.8, 4) is 0 Å². The summed E-state index contributed by atoms with van der Waals surface area (Å²) < 4.78 is 5.17.